The van der Waals surface area contributed by atoms with Crippen LogP contribution < -0.4 is 11.1 Å². The van der Waals surface area contributed by atoms with Crippen molar-refractivity contribution >= 4 is 11.8 Å². The van der Waals surface area contributed by atoms with Gasteiger partial charge in [0.2, 0.25) is 11.8 Å². The molecule has 2 unspecified atom stereocenters. The van der Waals surface area contributed by atoms with Crippen LogP contribution in [0.3, 0.4) is 0 Å². The molecule has 1 saturated carbocycles. The number of hydrogen-bond acceptors (Lipinski definition) is 3. The third kappa shape index (κ3) is 4.09. The zero-order valence-electron chi connectivity index (χ0n) is 16.2. The van der Waals surface area contributed by atoms with E-state index in [1.807, 2.05) is 23.1 Å². The van der Waals surface area contributed by atoms with E-state index < -0.39 is 6.04 Å². The largest absolute Gasteiger partial charge is 0.368 e. The van der Waals surface area contributed by atoms with Crippen LogP contribution in [0, 0.1) is 12.8 Å². The molecule has 1 aliphatic heterocycles. The van der Waals surface area contributed by atoms with E-state index >= 15 is 0 Å². The van der Waals surface area contributed by atoms with Gasteiger partial charge in [-0.2, -0.15) is 0 Å². The Morgan fingerprint density at radius 2 is 1.79 bits per heavy atom. The number of primary amides is 1. The van der Waals surface area contributed by atoms with Crippen molar-refractivity contribution in [2.45, 2.75) is 44.8 Å². The highest BCUT2D eigenvalue weighted by molar-refractivity contribution is 5.83. The number of benzene rings is 2. The van der Waals surface area contributed by atoms with Gasteiger partial charge in [0.05, 0.1) is 18.6 Å². The molecule has 2 atom stereocenters. The average molecular weight is 377 g/mol. The van der Waals surface area contributed by atoms with Crippen LogP contribution in [0.5, 0.6) is 0 Å². The Bertz CT molecular complexity index is 874. The highest BCUT2D eigenvalue weighted by Crippen LogP contribution is 2.41. The van der Waals surface area contributed by atoms with Gasteiger partial charge in [0.1, 0.15) is 0 Å². The van der Waals surface area contributed by atoms with Crippen LogP contribution in [-0.2, 0) is 22.6 Å². The number of hydrogen-bond donors (Lipinski definition) is 2. The topological polar surface area (TPSA) is 75.4 Å². The Labute approximate surface area is 165 Å². The van der Waals surface area contributed by atoms with Gasteiger partial charge in [-0.1, -0.05) is 54.1 Å². The molecular formula is C23H27N3O2. The number of rotatable bonds is 6. The van der Waals surface area contributed by atoms with Gasteiger partial charge >= 0.3 is 0 Å². The van der Waals surface area contributed by atoms with Gasteiger partial charge in [0, 0.05) is 6.54 Å². The first kappa shape index (κ1) is 18.7. The van der Waals surface area contributed by atoms with Crippen LogP contribution in [0.1, 0.15) is 41.1 Å². The molecule has 28 heavy (non-hydrogen) atoms. The van der Waals surface area contributed by atoms with Gasteiger partial charge in [-0.15, -0.1) is 0 Å². The number of nitrogens with one attached hydrogen (secondary N) is 1. The van der Waals surface area contributed by atoms with Crippen LogP contribution in [0.2, 0.25) is 0 Å². The van der Waals surface area contributed by atoms with E-state index in [0.717, 1.165) is 29.5 Å². The highest BCUT2D eigenvalue weighted by Gasteiger charge is 2.35. The third-order valence-corrected chi connectivity index (χ3v) is 5.87. The third-order valence-electron chi connectivity index (χ3n) is 5.87. The van der Waals surface area contributed by atoms with Gasteiger partial charge in [-0.25, -0.2) is 0 Å². The van der Waals surface area contributed by atoms with Gasteiger partial charge in [0.25, 0.3) is 0 Å². The molecule has 146 valence electrons. The normalized spacial score (nSPS) is 20.2. The van der Waals surface area contributed by atoms with Crippen molar-refractivity contribution in [1.82, 2.24) is 10.2 Å². The Morgan fingerprint density at radius 3 is 2.43 bits per heavy atom. The summed E-state index contributed by atoms with van der Waals surface area (Å²) >= 11 is 0. The van der Waals surface area contributed by atoms with Crippen molar-refractivity contribution in [2.75, 3.05) is 6.54 Å². The summed E-state index contributed by atoms with van der Waals surface area (Å²) in [4.78, 5) is 26.8. The summed E-state index contributed by atoms with van der Waals surface area (Å²) in [6.07, 6.45) is 2.84. The molecule has 0 bridgehead atoms. The van der Waals surface area contributed by atoms with Crippen LogP contribution in [-0.4, -0.2) is 29.3 Å². The van der Waals surface area contributed by atoms with Crippen LogP contribution in [0.4, 0.5) is 0 Å². The second-order valence-corrected chi connectivity index (χ2v) is 8.09. The molecule has 2 aromatic rings. The number of carbonyl (C=O) groups excluding carboxylic acids is 2. The minimum Gasteiger partial charge on any atom is -0.368 e. The molecule has 0 aromatic heterocycles. The molecule has 5 heteroatoms. The Morgan fingerprint density at radius 1 is 1.11 bits per heavy atom. The molecule has 1 aliphatic carbocycles. The number of nitrogens with two attached hydrogens (primary N) is 1. The van der Waals surface area contributed by atoms with Crippen LogP contribution in [0.25, 0.3) is 0 Å². The predicted molar refractivity (Wildman–Crippen MR) is 108 cm³/mol. The molecular weight excluding hydrogens is 350 g/mol. The summed E-state index contributed by atoms with van der Waals surface area (Å²) in [5.74, 6) is 0.0726. The van der Waals surface area contributed by atoms with Gasteiger partial charge in [0.15, 0.2) is 0 Å². The standard InChI is InChI=1S/C23H27N3O2/c1-15-6-8-16(9-7-15)22(17-10-11-17)25-21(27)14-26-13-19-5-3-2-4-18(19)12-20(26)23(24)28/h2-9,17,20,22H,10-14H2,1H3,(H2,24,28)(H,25,27). The van der Waals surface area contributed by atoms with E-state index in [1.165, 1.54) is 5.56 Å². The molecule has 0 saturated heterocycles. The van der Waals surface area contributed by atoms with Gasteiger partial charge in [-0.3, -0.25) is 14.5 Å². The lowest BCUT2D eigenvalue weighted by molar-refractivity contribution is -0.128. The monoisotopic (exact) mass is 377 g/mol. The zero-order chi connectivity index (χ0) is 19.7. The number of amides is 2. The quantitative estimate of drug-likeness (QED) is 0.812. The first-order valence-corrected chi connectivity index (χ1v) is 9.97. The lowest BCUT2D eigenvalue weighted by atomic mass is 9.93. The van der Waals surface area contributed by atoms with E-state index in [9.17, 15) is 9.59 Å². The minimum absolute atomic E-state index is 0.0391. The van der Waals surface area contributed by atoms with E-state index in [-0.39, 0.29) is 24.4 Å². The number of aryl methyl sites for hydroxylation is 1. The van der Waals surface area contributed by atoms with Crippen molar-refractivity contribution in [3.05, 3.63) is 70.8 Å². The zero-order valence-corrected chi connectivity index (χ0v) is 16.2. The Balaban J connectivity index is 1.47. The van der Waals surface area contributed by atoms with Crippen LogP contribution in [0.15, 0.2) is 48.5 Å². The average Bonchev–Trinajstić information content (AvgIpc) is 3.51. The molecule has 2 aromatic carbocycles. The first-order chi connectivity index (χ1) is 13.5. The van der Waals surface area contributed by atoms with E-state index in [1.54, 1.807) is 0 Å². The molecule has 3 N–H and O–H groups in total. The second kappa shape index (κ2) is 7.76. The molecule has 2 aliphatic rings. The number of carbonyl (C=O) groups is 2. The minimum atomic E-state index is -0.445. The van der Waals surface area contributed by atoms with Gasteiger partial charge < -0.3 is 11.1 Å². The summed E-state index contributed by atoms with van der Waals surface area (Å²) in [7, 11) is 0. The maximum Gasteiger partial charge on any atom is 0.235 e. The fourth-order valence-corrected chi connectivity index (χ4v) is 4.10. The van der Waals surface area contributed by atoms with E-state index in [4.69, 9.17) is 5.73 Å². The molecule has 5 nitrogen and oxygen atoms in total. The SMILES string of the molecule is Cc1ccc(C(NC(=O)CN2Cc3ccccc3CC2C(N)=O)C2CC2)cc1. The fourth-order valence-electron chi connectivity index (χ4n) is 4.10. The summed E-state index contributed by atoms with van der Waals surface area (Å²) in [6, 6.07) is 16.0. The first-order valence-electron chi connectivity index (χ1n) is 9.97. The molecule has 0 spiro atoms. The summed E-state index contributed by atoms with van der Waals surface area (Å²) in [6.45, 7) is 2.81. The van der Waals surface area contributed by atoms with Crippen molar-refractivity contribution in [3.8, 4) is 0 Å². The molecule has 1 heterocycles. The lowest BCUT2D eigenvalue weighted by Gasteiger charge is -2.35. The Kier molecular flexibility index (Phi) is 5.18. The smallest absolute Gasteiger partial charge is 0.235 e. The molecule has 0 radical (unpaired) electrons. The molecule has 2 amide bonds. The Hall–Kier alpha value is -2.66. The number of fused-ring (bicyclic) bond motifs is 1. The summed E-state index contributed by atoms with van der Waals surface area (Å²) in [5, 5.41) is 3.21. The predicted octanol–water partition coefficient (Wildman–Crippen LogP) is 2.47. The maximum absolute atomic E-state index is 12.9. The summed E-state index contributed by atoms with van der Waals surface area (Å²) < 4.78 is 0. The lowest BCUT2D eigenvalue weighted by Crippen LogP contribution is -2.52. The van der Waals surface area contributed by atoms with E-state index in [0.29, 0.717) is 18.9 Å². The van der Waals surface area contributed by atoms with Crippen molar-refractivity contribution in [3.63, 3.8) is 0 Å². The van der Waals surface area contributed by atoms with Crippen molar-refractivity contribution in [2.24, 2.45) is 11.7 Å². The fraction of sp³-hybridized carbons (Fsp3) is 0.391. The molecule has 4 rings (SSSR count). The van der Waals surface area contributed by atoms with Crippen LogP contribution >= 0.6 is 0 Å². The van der Waals surface area contributed by atoms with Crippen molar-refractivity contribution in [1.29, 1.82) is 0 Å². The molecule has 1 fully saturated rings. The number of nitrogens with zero attached hydrogens (tertiary/aromatic N) is 1. The highest BCUT2D eigenvalue weighted by atomic mass is 16.2. The van der Waals surface area contributed by atoms with Crippen molar-refractivity contribution < 1.29 is 9.59 Å². The summed E-state index contributed by atoms with van der Waals surface area (Å²) in [5.41, 5.74) is 10.3. The van der Waals surface area contributed by atoms with Gasteiger partial charge in [-0.05, 0) is 48.8 Å². The van der Waals surface area contributed by atoms with E-state index in [2.05, 4.69) is 42.6 Å². The maximum atomic E-state index is 12.9. The second-order valence-electron chi connectivity index (χ2n) is 8.09.